The third kappa shape index (κ3) is 74.0. The number of methoxy groups -OCH3 is 2. The van der Waals surface area contributed by atoms with Crippen molar-refractivity contribution in [2.75, 3.05) is 39.2 Å². The van der Waals surface area contributed by atoms with E-state index in [-0.39, 0.29) is 4.84 Å². The Bertz CT molecular complexity index is 65.6. The van der Waals surface area contributed by atoms with Gasteiger partial charge in [-0.2, -0.15) is 0 Å². The lowest BCUT2D eigenvalue weighted by Gasteiger charge is -1.91. The van der Waals surface area contributed by atoms with Gasteiger partial charge in [0, 0.05) is 26.0 Å². The van der Waals surface area contributed by atoms with Gasteiger partial charge >= 0.3 is 0 Å². The van der Waals surface area contributed by atoms with Crippen LogP contribution in [-0.2, 0) is 9.47 Å². The summed E-state index contributed by atoms with van der Waals surface area (Å²) in [5.74, 6) is 1.11. The summed E-state index contributed by atoms with van der Waals surface area (Å²) < 4.78 is 9.31. The molecule has 0 aliphatic heterocycles. The van der Waals surface area contributed by atoms with Crippen LogP contribution in [0, 0.1) is 0 Å². The third-order valence-corrected chi connectivity index (χ3v) is 1.13. The minimum atomic E-state index is -0.222. The van der Waals surface area contributed by atoms with E-state index in [4.69, 9.17) is 46.4 Å². The zero-order valence-corrected chi connectivity index (χ0v) is 11.8. The maximum atomic E-state index is 5.05. The molecule has 0 aromatic carbocycles. The molecular formula is C8H18Cl4O2. The van der Waals surface area contributed by atoms with Crippen molar-refractivity contribution in [1.82, 2.24) is 0 Å². The first-order chi connectivity index (χ1) is 6.56. The molecule has 14 heavy (non-hydrogen) atoms. The maximum Gasteiger partial charge on any atom is 0.105 e. The van der Waals surface area contributed by atoms with Crippen molar-refractivity contribution in [2.24, 2.45) is 0 Å². The molecule has 0 aromatic heterocycles. The number of ether oxygens (including phenoxy) is 2. The van der Waals surface area contributed by atoms with Crippen LogP contribution in [0.2, 0.25) is 0 Å². The van der Waals surface area contributed by atoms with E-state index in [0.29, 0.717) is 25.0 Å². The molecule has 2 nitrogen and oxygen atoms in total. The summed E-state index contributed by atoms with van der Waals surface area (Å²) in [5, 5.41) is 0. The molecule has 6 heteroatoms. The van der Waals surface area contributed by atoms with E-state index in [1.165, 1.54) is 0 Å². The highest BCUT2D eigenvalue weighted by molar-refractivity contribution is 6.43. The van der Waals surface area contributed by atoms with E-state index in [9.17, 15) is 0 Å². The van der Waals surface area contributed by atoms with Gasteiger partial charge in [-0.05, 0) is 6.92 Å². The summed E-state index contributed by atoms with van der Waals surface area (Å²) in [4.78, 5) is -0.222. The molecule has 0 heterocycles. The zero-order valence-electron chi connectivity index (χ0n) is 8.73. The molecule has 0 amide bonds. The molecule has 0 fully saturated rings. The monoisotopic (exact) mass is 286 g/mol. The van der Waals surface area contributed by atoms with Crippen molar-refractivity contribution >= 4 is 46.4 Å². The van der Waals surface area contributed by atoms with Gasteiger partial charge in [0.15, 0.2) is 0 Å². The average Bonchev–Trinajstić information content (AvgIpc) is 2.14. The van der Waals surface area contributed by atoms with Crippen molar-refractivity contribution in [3.05, 3.63) is 0 Å². The summed E-state index contributed by atoms with van der Waals surface area (Å²) in [6.07, 6.45) is 0. The zero-order chi connectivity index (χ0) is 11.8. The summed E-state index contributed by atoms with van der Waals surface area (Å²) in [7, 11) is 3.30. The van der Waals surface area contributed by atoms with E-state index < -0.39 is 0 Å². The first kappa shape index (κ1) is 20.5. The average molecular weight is 288 g/mol. The van der Waals surface area contributed by atoms with Crippen LogP contribution in [0.25, 0.3) is 0 Å². The van der Waals surface area contributed by atoms with Crippen molar-refractivity contribution in [1.29, 1.82) is 0 Å². The molecule has 0 saturated heterocycles. The highest BCUT2D eigenvalue weighted by atomic mass is 35.5. The summed E-state index contributed by atoms with van der Waals surface area (Å²) in [5.41, 5.74) is 0. The van der Waals surface area contributed by atoms with E-state index in [0.717, 1.165) is 0 Å². The van der Waals surface area contributed by atoms with E-state index in [1.807, 2.05) is 0 Å². The predicted molar refractivity (Wildman–Crippen MR) is 66.4 cm³/mol. The van der Waals surface area contributed by atoms with E-state index in [1.54, 1.807) is 21.1 Å². The Kier molecular flexibility index (Phi) is 34.7. The van der Waals surface area contributed by atoms with Gasteiger partial charge in [-0.1, -0.05) is 0 Å². The normalized spacial score (nSPS) is 8.57. The Morgan fingerprint density at radius 3 is 1.21 bits per heavy atom. The molecule has 0 N–H and O–H groups in total. The highest BCUT2D eigenvalue weighted by Gasteiger charge is 1.75. The third-order valence-electron chi connectivity index (χ3n) is 0.563. The summed E-state index contributed by atoms with van der Waals surface area (Å²) in [6, 6.07) is 0. The molecule has 0 aliphatic rings. The lowest BCUT2D eigenvalue weighted by molar-refractivity contribution is 0.103. The minimum Gasteiger partial charge on any atom is -0.382 e. The predicted octanol–water partition coefficient (Wildman–Crippen LogP) is 3.55. The molecule has 0 radical (unpaired) electrons. The fourth-order valence-electron chi connectivity index (χ4n) is 0.167. The number of alkyl halides is 4. The van der Waals surface area contributed by atoms with Gasteiger partial charge in [0.2, 0.25) is 0 Å². The largest absolute Gasteiger partial charge is 0.382 e. The summed E-state index contributed by atoms with van der Waals surface area (Å²) >= 11 is 20.2. The van der Waals surface area contributed by atoms with Crippen molar-refractivity contribution in [3.8, 4) is 0 Å². The Labute approximate surface area is 107 Å². The smallest absolute Gasteiger partial charge is 0.105 e. The second-order valence-corrected chi connectivity index (χ2v) is 4.17. The standard InChI is InChI=1S/C4H10O2.2C2H4Cl2/c1-5-3-4-6-2;1-2(3)4;3-1-2-4/h3-4H2,1-2H3;2H,1H3;1-2H2. The van der Waals surface area contributed by atoms with Gasteiger partial charge < -0.3 is 9.47 Å². The molecule has 0 unspecified atom stereocenters. The van der Waals surface area contributed by atoms with Gasteiger partial charge in [0.1, 0.15) is 4.84 Å². The number of rotatable bonds is 4. The second-order valence-electron chi connectivity index (χ2n) is 1.88. The van der Waals surface area contributed by atoms with Crippen molar-refractivity contribution < 1.29 is 9.47 Å². The Morgan fingerprint density at radius 1 is 0.929 bits per heavy atom. The number of hydrogen-bond acceptors (Lipinski definition) is 2. The minimum absolute atomic E-state index is 0.222. The number of halogens is 4. The highest BCUT2D eigenvalue weighted by Crippen LogP contribution is 1.95. The van der Waals surface area contributed by atoms with Crippen LogP contribution in [0.15, 0.2) is 0 Å². The fraction of sp³-hybridized carbons (Fsp3) is 1.00. The summed E-state index contributed by atoms with van der Waals surface area (Å²) in [6.45, 7) is 3.08. The maximum absolute atomic E-state index is 5.05. The van der Waals surface area contributed by atoms with Crippen LogP contribution < -0.4 is 0 Å². The molecule has 0 spiro atoms. The van der Waals surface area contributed by atoms with Crippen LogP contribution in [0.5, 0.6) is 0 Å². The molecule has 90 valence electrons. The van der Waals surface area contributed by atoms with Gasteiger partial charge in [0.05, 0.1) is 13.2 Å². The topological polar surface area (TPSA) is 18.5 Å². The van der Waals surface area contributed by atoms with Crippen LogP contribution >= 0.6 is 46.4 Å². The quantitative estimate of drug-likeness (QED) is 0.581. The van der Waals surface area contributed by atoms with Gasteiger partial charge in [0.25, 0.3) is 0 Å². The molecule has 0 bridgehead atoms. The van der Waals surface area contributed by atoms with E-state index >= 15 is 0 Å². The molecule has 0 atom stereocenters. The van der Waals surface area contributed by atoms with Gasteiger partial charge in [-0.15, -0.1) is 46.4 Å². The Balaban J connectivity index is -0.000000135. The fourth-order valence-corrected chi connectivity index (χ4v) is 0.167. The van der Waals surface area contributed by atoms with Crippen LogP contribution in [0.3, 0.4) is 0 Å². The van der Waals surface area contributed by atoms with Crippen LogP contribution in [0.1, 0.15) is 6.92 Å². The van der Waals surface area contributed by atoms with Crippen molar-refractivity contribution in [3.63, 3.8) is 0 Å². The lowest BCUT2D eigenvalue weighted by atomic mass is 10.8. The van der Waals surface area contributed by atoms with Crippen LogP contribution in [-0.4, -0.2) is 44.0 Å². The molecule has 0 rings (SSSR count). The SMILES string of the molecule is CC(Cl)Cl.COCCOC.ClCCCl. The lowest BCUT2D eigenvalue weighted by Crippen LogP contribution is -1.96. The van der Waals surface area contributed by atoms with Gasteiger partial charge in [-0.25, -0.2) is 0 Å². The molecular weight excluding hydrogens is 270 g/mol. The first-order valence-electron chi connectivity index (χ1n) is 3.94. The van der Waals surface area contributed by atoms with Crippen molar-refractivity contribution in [2.45, 2.75) is 11.8 Å². The number of hydrogen-bond donors (Lipinski definition) is 0. The Morgan fingerprint density at radius 2 is 1.14 bits per heavy atom. The Hall–Kier alpha value is 1.08. The second kappa shape index (κ2) is 23.7. The first-order valence-corrected chi connectivity index (χ1v) is 5.88. The molecule has 0 aromatic rings. The molecule has 0 aliphatic carbocycles. The van der Waals surface area contributed by atoms with E-state index in [2.05, 4.69) is 9.47 Å². The molecule has 0 saturated carbocycles. The van der Waals surface area contributed by atoms with Crippen LogP contribution in [0.4, 0.5) is 0 Å². The van der Waals surface area contributed by atoms with Gasteiger partial charge in [-0.3, -0.25) is 0 Å².